The van der Waals surface area contributed by atoms with E-state index in [4.69, 9.17) is 33.4 Å². The Balaban J connectivity index is 0.000000424. The number of carboxylic acid groups (broad SMARTS) is 1. The van der Waals surface area contributed by atoms with Gasteiger partial charge in [0.2, 0.25) is 0 Å². The first-order valence-electron chi connectivity index (χ1n) is 3.76. The number of hydrogen-bond donors (Lipinski definition) is 2. The normalized spacial score (nSPS) is 28.0. The van der Waals surface area contributed by atoms with Gasteiger partial charge in [-0.3, -0.25) is 9.69 Å². The Morgan fingerprint density at radius 1 is 1.62 bits per heavy atom. The Bertz CT molecular complexity index is 168. The molecule has 1 saturated heterocycles. The molecule has 0 aromatic rings. The first kappa shape index (κ1) is 13.0. The predicted molar refractivity (Wildman–Crippen MR) is 51.3 cm³/mol. The van der Waals surface area contributed by atoms with Crippen LogP contribution >= 0.6 is 23.2 Å². The number of alkyl halides is 2. The zero-order valence-electron chi connectivity index (χ0n) is 7.28. The SMILES string of the molecule is CN1C[C@H](O)C[C@H]1C(=O)O.ClCCl. The highest BCUT2D eigenvalue weighted by Gasteiger charge is 2.32. The molecule has 0 amide bonds. The molecule has 1 fully saturated rings. The minimum Gasteiger partial charge on any atom is -0.480 e. The fourth-order valence-electron chi connectivity index (χ4n) is 1.26. The molecule has 0 bridgehead atoms. The lowest BCUT2D eigenvalue weighted by Crippen LogP contribution is -2.32. The van der Waals surface area contributed by atoms with Crippen molar-refractivity contribution in [1.29, 1.82) is 0 Å². The number of nitrogens with zero attached hydrogens (tertiary/aromatic N) is 1. The van der Waals surface area contributed by atoms with E-state index in [0.717, 1.165) is 0 Å². The van der Waals surface area contributed by atoms with Crippen molar-refractivity contribution in [2.75, 3.05) is 18.9 Å². The van der Waals surface area contributed by atoms with Crippen LogP contribution in [0.2, 0.25) is 0 Å². The molecule has 0 saturated carbocycles. The molecular weight excluding hydrogens is 217 g/mol. The summed E-state index contributed by atoms with van der Waals surface area (Å²) in [4.78, 5) is 12.1. The van der Waals surface area contributed by atoms with Crippen LogP contribution in [0.15, 0.2) is 0 Å². The number of hydrogen-bond acceptors (Lipinski definition) is 3. The van der Waals surface area contributed by atoms with Crippen LogP contribution in [0.4, 0.5) is 0 Å². The molecule has 1 aliphatic rings. The van der Waals surface area contributed by atoms with Crippen molar-refractivity contribution < 1.29 is 15.0 Å². The van der Waals surface area contributed by atoms with Gasteiger partial charge in [0.05, 0.1) is 11.4 Å². The third-order valence-electron chi connectivity index (χ3n) is 1.81. The van der Waals surface area contributed by atoms with Crippen molar-refractivity contribution in [1.82, 2.24) is 4.90 Å². The lowest BCUT2D eigenvalue weighted by molar-refractivity contribution is -0.141. The van der Waals surface area contributed by atoms with Gasteiger partial charge < -0.3 is 10.2 Å². The van der Waals surface area contributed by atoms with Crippen LogP contribution in [0, 0.1) is 0 Å². The molecule has 0 unspecified atom stereocenters. The lowest BCUT2D eigenvalue weighted by atomic mass is 10.2. The fourth-order valence-corrected chi connectivity index (χ4v) is 1.26. The van der Waals surface area contributed by atoms with E-state index in [1.807, 2.05) is 0 Å². The molecule has 0 radical (unpaired) electrons. The smallest absolute Gasteiger partial charge is 0.321 e. The van der Waals surface area contributed by atoms with Crippen molar-refractivity contribution in [3.8, 4) is 0 Å². The maximum Gasteiger partial charge on any atom is 0.321 e. The summed E-state index contributed by atoms with van der Waals surface area (Å²) in [5, 5.41) is 17.8. The molecule has 13 heavy (non-hydrogen) atoms. The van der Waals surface area contributed by atoms with Crippen molar-refractivity contribution >= 4 is 29.2 Å². The standard InChI is InChI=1S/C6H11NO3.CH2Cl2/c1-7-3-4(8)2-5(7)6(9)10;2-1-3/h4-5,8H,2-3H2,1H3,(H,9,10);1H2/t4-,5+;/m1./s1. The monoisotopic (exact) mass is 229 g/mol. The second kappa shape index (κ2) is 6.43. The Morgan fingerprint density at radius 3 is 2.23 bits per heavy atom. The zero-order valence-corrected chi connectivity index (χ0v) is 8.79. The second-order valence-corrected chi connectivity index (χ2v) is 3.59. The summed E-state index contributed by atoms with van der Waals surface area (Å²) in [6.07, 6.45) is -0.114. The molecule has 1 rings (SSSR count). The highest BCUT2D eigenvalue weighted by molar-refractivity contribution is 6.40. The van der Waals surface area contributed by atoms with Gasteiger partial charge in [-0.25, -0.2) is 0 Å². The van der Waals surface area contributed by atoms with E-state index >= 15 is 0 Å². The molecule has 0 aromatic carbocycles. The van der Waals surface area contributed by atoms with Crippen molar-refractivity contribution in [2.24, 2.45) is 0 Å². The first-order valence-corrected chi connectivity index (χ1v) is 4.82. The van der Waals surface area contributed by atoms with Crippen LogP contribution in [0.25, 0.3) is 0 Å². The van der Waals surface area contributed by atoms with Crippen molar-refractivity contribution in [2.45, 2.75) is 18.6 Å². The average molecular weight is 230 g/mol. The molecule has 0 aliphatic carbocycles. The van der Waals surface area contributed by atoms with E-state index in [9.17, 15) is 4.79 Å². The quantitative estimate of drug-likeness (QED) is 0.646. The zero-order chi connectivity index (χ0) is 10.4. The number of likely N-dealkylation sites (tertiary alicyclic amines) is 1. The van der Waals surface area contributed by atoms with Gasteiger partial charge in [-0.2, -0.15) is 0 Å². The first-order chi connectivity index (χ1) is 6.02. The van der Waals surface area contributed by atoms with Crippen LogP contribution in [0.1, 0.15) is 6.42 Å². The molecule has 1 heterocycles. The number of carboxylic acids is 1. The van der Waals surface area contributed by atoms with Crippen LogP contribution in [0.3, 0.4) is 0 Å². The fraction of sp³-hybridized carbons (Fsp3) is 0.857. The third-order valence-corrected chi connectivity index (χ3v) is 1.81. The number of carbonyl (C=O) groups is 1. The summed E-state index contributed by atoms with van der Waals surface area (Å²) in [7, 11) is 1.70. The summed E-state index contributed by atoms with van der Waals surface area (Å²) in [5.74, 6) is -0.848. The number of rotatable bonds is 1. The van der Waals surface area contributed by atoms with Gasteiger partial charge >= 0.3 is 5.97 Å². The molecule has 78 valence electrons. The van der Waals surface area contributed by atoms with Crippen LogP contribution < -0.4 is 0 Å². The highest BCUT2D eigenvalue weighted by atomic mass is 35.5. The van der Waals surface area contributed by atoms with E-state index in [-0.39, 0.29) is 5.34 Å². The molecule has 4 nitrogen and oxygen atoms in total. The summed E-state index contributed by atoms with van der Waals surface area (Å²) in [5.41, 5.74) is 0. The number of β-amino-alcohol motifs (C(OH)–C–C–N with tert-alkyl or cyclic N) is 1. The molecular formula is C7H13Cl2NO3. The minimum absolute atomic E-state index is 0.194. The van der Waals surface area contributed by atoms with E-state index in [1.54, 1.807) is 11.9 Å². The van der Waals surface area contributed by atoms with Gasteiger partial charge in [0.15, 0.2) is 0 Å². The van der Waals surface area contributed by atoms with Gasteiger partial charge in [0.1, 0.15) is 6.04 Å². The van der Waals surface area contributed by atoms with E-state index in [1.165, 1.54) is 0 Å². The average Bonchev–Trinajstić information content (AvgIpc) is 2.31. The molecule has 2 atom stereocenters. The highest BCUT2D eigenvalue weighted by Crippen LogP contribution is 2.14. The second-order valence-electron chi connectivity index (χ2n) is 2.78. The maximum atomic E-state index is 10.4. The topological polar surface area (TPSA) is 60.8 Å². The van der Waals surface area contributed by atoms with E-state index in [0.29, 0.717) is 13.0 Å². The molecule has 6 heteroatoms. The number of aliphatic carboxylic acids is 1. The molecule has 1 aliphatic heterocycles. The molecule has 0 aromatic heterocycles. The summed E-state index contributed by atoms with van der Waals surface area (Å²) in [6.45, 7) is 0.469. The summed E-state index contributed by atoms with van der Waals surface area (Å²) >= 11 is 9.53. The largest absolute Gasteiger partial charge is 0.480 e. The van der Waals surface area contributed by atoms with Crippen molar-refractivity contribution in [3.05, 3.63) is 0 Å². The van der Waals surface area contributed by atoms with Gasteiger partial charge in [-0.15, -0.1) is 23.2 Å². The minimum atomic E-state index is -0.848. The Kier molecular flexibility index (Phi) is 6.41. The van der Waals surface area contributed by atoms with Gasteiger partial charge in [0, 0.05) is 13.0 Å². The number of aliphatic hydroxyl groups is 1. The van der Waals surface area contributed by atoms with Crippen LogP contribution in [-0.4, -0.2) is 52.2 Å². The van der Waals surface area contributed by atoms with Crippen LogP contribution in [0.5, 0.6) is 0 Å². The van der Waals surface area contributed by atoms with E-state index < -0.39 is 18.1 Å². The Labute approximate surface area is 87.0 Å². The van der Waals surface area contributed by atoms with Gasteiger partial charge in [-0.05, 0) is 7.05 Å². The number of aliphatic hydroxyl groups excluding tert-OH is 1. The Morgan fingerprint density at radius 2 is 2.08 bits per heavy atom. The van der Waals surface area contributed by atoms with Crippen LogP contribution in [-0.2, 0) is 4.79 Å². The van der Waals surface area contributed by atoms with E-state index in [2.05, 4.69) is 0 Å². The third kappa shape index (κ3) is 4.67. The number of halogens is 2. The molecule has 2 N–H and O–H groups in total. The Hall–Kier alpha value is -0.0300. The predicted octanol–water partition coefficient (Wildman–Crippen LogP) is 0.557. The van der Waals surface area contributed by atoms with Crippen molar-refractivity contribution in [3.63, 3.8) is 0 Å². The van der Waals surface area contributed by atoms with Gasteiger partial charge in [0.25, 0.3) is 0 Å². The maximum absolute atomic E-state index is 10.4. The van der Waals surface area contributed by atoms with Gasteiger partial charge in [-0.1, -0.05) is 0 Å². The lowest BCUT2D eigenvalue weighted by Gasteiger charge is -2.12. The number of likely N-dealkylation sites (N-methyl/N-ethyl adjacent to an activating group) is 1. The summed E-state index contributed by atoms with van der Waals surface area (Å²) < 4.78 is 0. The summed E-state index contributed by atoms with van der Waals surface area (Å²) in [6, 6.07) is -0.491. The molecule has 0 spiro atoms.